The maximum absolute atomic E-state index is 13.2. The highest BCUT2D eigenvalue weighted by molar-refractivity contribution is 14.1. The number of amides is 3. The summed E-state index contributed by atoms with van der Waals surface area (Å²) in [4.78, 5) is 62.5. The molecule has 0 spiro atoms. The van der Waals surface area contributed by atoms with Crippen LogP contribution < -0.4 is 14.8 Å². The molecule has 1 heterocycles. The zero-order valence-corrected chi connectivity index (χ0v) is 29.0. The first-order chi connectivity index (χ1) is 22.5. The Balaban J connectivity index is 1.44. The number of benzene rings is 3. The molecule has 1 saturated heterocycles. The number of nitro groups is 1. The van der Waals surface area contributed by atoms with Crippen molar-refractivity contribution in [3.05, 3.63) is 94.9 Å². The van der Waals surface area contributed by atoms with E-state index in [4.69, 9.17) is 25.8 Å². The van der Waals surface area contributed by atoms with Gasteiger partial charge in [-0.2, -0.15) is 0 Å². The van der Waals surface area contributed by atoms with Crippen molar-refractivity contribution in [3.8, 4) is 11.5 Å². The molecule has 3 aromatic rings. The topological polar surface area (TPSA) is 154 Å². The van der Waals surface area contributed by atoms with Gasteiger partial charge < -0.3 is 19.5 Å². The summed E-state index contributed by atoms with van der Waals surface area (Å²) in [6.07, 6.45) is 3.08. The summed E-state index contributed by atoms with van der Waals surface area (Å²) in [6.45, 7) is 3.93. The minimum atomic E-state index is -0.649. The van der Waals surface area contributed by atoms with Crippen LogP contribution in [0.1, 0.15) is 48.2 Å². The number of rotatable bonds is 14. The van der Waals surface area contributed by atoms with Crippen molar-refractivity contribution >= 4 is 86.4 Å². The van der Waals surface area contributed by atoms with Crippen molar-refractivity contribution in [3.63, 3.8) is 0 Å². The van der Waals surface area contributed by atoms with Crippen LogP contribution in [0.4, 0.5) is 16.2 Å². The fraction of sp³-hybridized carbons (Fsp3) is 0.250. The van der Waals surface area contributed by atoms with Gasteiger partial charge in [-0.3, -0.25) is 29.4 Å². The van der Waals surface area contributed by atoms with E-state index in [0.717, 1.165) is 16.9 Å². The highest BCUT2D eigenvalue weighted by Gasteiger charge is 2.36. The van der Waals surface area contributed by atoms with Gasteiger partial charge in [-0.25, -0.2) is 4.79 Å². The maximum Gasteiger partial charge on any atom is 0.339 e. The van der Waals surface area contributed by atoms with E-state index >= 15 is 0 Å². The zero-order valence-electron chi connectivity index (χ0n) is 25.2. The zero-order chi connectivity index (χ0) is 34.1. The third kappa shape index (κ3) is 9.45. The largest absolute Gasteiger partial charge is 0.490 e. The van der Waals surface area contributed by atoms with E-state index in [2.05, 4.69) is 27.9 Å². The molecule has 246 valence electrons. The van der Waals surface area contributed by atoms with Crippen LogP contribution in [0.3, 0.4) is 0 Å². The Kier molecular flexibility index (Phi) is 12.6. The molecule has 0 aromatic heterocycles. The number of imide groups is 1. The van der Waals surface area contributed by atoms with Crippen molar-refractivity contribution < 1.29 is 38.3 Å². The van der Waals surface area contributed by atoms with E-state index in [1.807, 2.05) is 6.92 Å². The number of unbranched alkanes of at least 4 members (excludes halogenated alkanes) is 1. The fourth-order valence-corrected chi connectivity index (χ4v) is 6.04. The Morgan fingerprint density at radius 3 is 2.51 bits per heavy atom. The Morgan fingerprint density at radius 1 is 1.09 bits per heavy atom. The van der Waals surface area contributed by atoms with Crippen LogP contribution in [0.5, 0.6) is 11.5 Å². The van der Waals surface area contributed by atoms with Gasteiger partial charge in [0.05, 0.1) is 37.2 Å². The van der Waals surface area contributed by atoms with Crippen molar-refractivity contribution in [1.82, 2.24) is 4.90 Å². The van der Waals surface area contributed by atoms with Crippen molar-refractivity contribution in [2.45, 2.75) is 33.3 Å². The lowest BCUT2D eigenvalue weighted by Gasteiger charge is -2.15. The van der Waals surface area contributed by atoms with Gasteiger partial charge in [-0.05, 0) is 107 Å². The van der Waals surface area contributed by atoms with Gasteiger partial charge in [0.25, 0.3) is 16.8 Å². The number of esters is 1. The second-order valence-electron chi connectivity index (χ2n) is 9.98. The van der Waals surface area contributed by atoms with Gasteiger partial charge in [-0.1, -0.05) is 24.9 Å². The molecule has 12 nitrogen and oxygen atoms in total. The van der Waals surface area contributed by atoms with Gasteiger partial charge in [0, 0.05) is 17.8 Å². The van der Waals surface area contributed by atoms with Crippen LogP contribution in [-0.2, 0) is 20.9 Å². The molecule has 1 aliphatic heterocycles. The number of nitrogens with one attached hydrogen (secondary N) is 1. The Morgan fingerprint density at radius 2 is 1.83 bits per heavy atom. The summed E-state index contributed by atoms with van der Waals surface area (Å²) >= 11 is 8.91. The number of hydrogen-bond donors (Lipinski definition) is 1. The number of halogens is 2. The quantitative estimate of drug-likeness (QED) is 0.0434. The van der Waals surface area contributed by atoms with Crippen LogP contribution in [0, 0.1) is 13.7 Å². The first-order valence-electron chi connectivity index (χ1n) is 14.3. The Hall–Kier alpha value is -4.15. The third-order valence-corrected chi connectivity index (χ3v) is 8.57. The molecule has 15 heteroatoms. The Bertz CT molecular complexity index is 1730. The number of thioether (sulfide) groups is 1. The number of non-ortho nitro benzene ring substituents is 1. The summed E-state index contributed by atoms with van der Waals surface area (Å²) in [7, 11) is 0. The fourth-order valence-electron chi connectivity index (χ4n) is 4.22. The predicted octanol–water partition coefficient (Wildman–Crippen LogP) is 7.46. The van der Waals surface area contributed by atoms with Crippen molar-refractivity contribution in [2.75, 3.05) is 25.1 Å². The van der Waals surface area contributed by atoms with E-state index in [1.54, 1.807) is 31.2 Å². The average Bonchev–Trinajstić information content (AvgIpc) is 3.29. The van der Waals surface area contributed by atoms with Gasteiger partial charge in [0.2, 0.25) is 5.91 Å². The molecule has 0 saturated carbocycles. The van der Waals surface area contributed by atoms with Crippen molar-refractivity contribution in [1.29, 1.82) is 0 Å². The Labute approximate surface area is 293 Å². The SMILES string of the molecule is CCCCOC(=O)c1cc(NC(=O)CN2C(=O)S/C(=C/c3cc(I)c(OCc4ccc([N+](=O)[O-])cc4)c(OCC)c3)C2=O)ccc1Cl. The lowest BCUT2D eigenvalue weighted by atomic mass is 10.1. The summed E-state index contributed by atoms with van der Waals surface area (Å²) in [6, 6.07) is 13.7. The number of nitro benzene ring substituents is 1. The normalized spacial score (nSPS) is 13.5. The standard InChI is InChI=1S/C32H29ClIN3O9S/c1-3-5-12-45-31(40)23-16-21(8-11-24(23)33)35-28(38)17-36-30(39)27(47-32(36)41)15-20-13-25(34)29(26(14-20)44-4-2)46-18-19-6-9-22(10-7-19)37(42)43/h6-11,13-16H,3-5,12,17-18H2,1-2H3,(H,35,38)/b27-15+. The molecule has 3 aromatic carbocycles. The molecule has 4 rings (SSSR count). The number of nitrogens with zero attached hydrogens (tertiary/aromatic N) is 2. The number of carbonyl (C=O) groups is 4. The van der Waals surface area contributed by atoms with Crippen LogP contribution in [-0.4, -0.2) is 52.6 Å². The summed E-state index contributed by atoms with van der Waals surface area (Å²) in [5.41, 5.74) is 1.59. The van der Waals surface area contributed by atoms with E-state index in [1.165, 1.54) is 36.4 Å². The van der Waals surface area contributed by atoms with Gasteiger partial charge >= 0.3 is 5.97 Å². The molecule has 0 radical (unpaired) electrons. The first-order valence-corrected chi connectivity index (χ1v) is 16.6. The molecule has 1 aliphatic rings. The molecule has 1 fully saturated rings. The molecular weight excluding hydrogens is 765 g/mol. The van der Waals surface area contributed by atoms with Crippen LogP contribution >= 0.6 is 46.0 Å². The smallest absolute Gasteiger partial charge is 0.339 e. The molecule has 0 bridgehead atoms. The molecule has 0 aliphatic carbocycles. The van der Waals surface area contributed by atoms with Gasteiger partial charge in [0.1, 0.15) is 13.2 Å². The molecule has 0 unspecified atom stereocenters. The molecule has 3 amide bonds. The molecule has 0 atom stereocenters. The minimum Gasteiger partial charge on any atom is -0.490 e. The minimum absolute atomic E-state index is 0.0235. The van der Waals surface area contributed by atoms with E-state index in [0.29, 0.717) is 45.4 Å². The highest BCUT2D eigenvalue weighted by Crippen LogP contribution is 2.38. The second kappa shape index (κ2) is 16.6. The molecule has 1 N–H and O–H groups in total. The highest BCUT2D eigenvalue weighted by atomic mass is 127. The summed E-state index contributed by atoms with van der Waals surface area (Å²) in [5, 5.41) is 13.1. The average molecular weight is 794 g/mol. The third-order valence-electron chi connectivity index (χ3n) is 6.54. The number of anilines is 1. The van der Waals surface area contributed by atoms with Gasteiger partial charge in [-0.15, -0.1) is 0 Å². The first kappa shape index (κ1) is 35.7. The lowest BCUT2D eigenvalue weighted by Crippen LogP contribution is -2.36. The van der Waals surface area contributed by atoms with Crippen molar-refractivity contribution in [2.24, 2.45) is 0 Å². The number of ether oxygens (including phenoxy) is 3. The van der Waals surface area contributed by atoms with Crippen LogP contribution in [0.15, 0.2) is 59.5 Å². The van der Waals surface area contributed by atoms with Crippen LogP contribution in [0.2, 0.25) is 5.02 Å². The second-order valence-corrected chi connectivity index (χ2v) is 12.5. The summed E-state index contributed by atoms with van der Waals surface area (Å²) in [5.74, 6) is -1.06. The molecule has 47 heavy (non-hydrogen) atoms. The van der Waals surface area contributed by atoms with Crippen LogP contribution in [0.25, 0.3) is 6.08 Å². The van der Waals surface area contributed by atoms with E-state index in [-0.39, 0.29) is 40.1 Å². The van der Waals surface area contributed by atoms with E-state index in [9.17, 15) is 29.3 Å². The number of carbonyl (C=O) groups excluding carboxylic acids is 4. The summed E-state index contributed by atoms with van der Waals surface area (Å²) < 4.78 is 17.6. The number of hydrogen-bond acceptors (Lipinski definition) is 10. The predicted molar refractivity (Wildman–Crippen MR) is 186 cm³/mol. The lowest BCUT2D eigenvalue weighted by molar-refractivity contribution is -0.384. The monoisotopic (exact) mass is 793 g/mol. The van der Waals surface area contributed by atoms with Gasteiger partial charge in [0.15, 0.2) is 11.5 Å². The maximum atomic E-state index is 13.2. The molecular formula is C32H29ClIN3O9S. The van der Waals surface area contributed by atoms with E-state index < -0.39 is 34.5 Å².